The minimum absolute atomic E-state index is 0.0171. The lowest BCUT2D eigenvalue weighted by Crippen LogP contribution is -2.45. The molecule has 6 heteroatoms. The molecule has 0 aliphatic carbocycles. The Morgan fingerprint density at radius 2 is 0.562 bits per heavy atom. The van der Waals surface area contributed by atoms with Gasteiger partial charge in [0, 0.05) is 12.8 Å². The first-order valence-corrected chi connectivity index (χ1v) is 41.1. The number of hydrogen-bond donors (Lipinski definition) is 3. The summed E-state index contributed by atoms with van der Waals surface area (Å²) in [6, 6.07) is -0.536. The molecule has 0 saturated carbocycles. The second-order valence-corrected chi connectivity index (χ2v) is 28.5. The number of aliphatic hydroxyl groups is 2. The van der Waals surface area contributed by atoms with Crippen LogP contribution in [0.2, 0.25) is 0 Å². The van der Waals surface area contributed by atoms with Crippen LogP contribution in [0.3, 0.4) is 0 Å². The Labute approximate surface area is 558 Å². The number of carbonyl (C=O) groups excluding carboxylic acids is 2. The average Bonchev–Trinajstić information content (AvgIpc) is 3.62. The topological polar surface area (TPSA) is 95.9 Å². The van der Waals surface area contributed by atoms with E-state index in [9.17, 15) is 19.8 Å². The molecular weight excluding hydrogens is 1090 g/mol. The van der Waals surface area contributed by atoms with Gasteiger partial charge in [-0.25, -0.2) is 0 Å². The summed E-state index contributed by atoms with van der Waals surface area (Å²) in [4.78, 5) is 24.6. The molecule has 0 bridgehead atoms. The first-order chi connectivity index (χ1) is 44.0. The monoisotopic (exact) mass is 1250 g/mol. The van der Waals surface area contributed by atoms with Gasteiger partial charge in [-0.3, -0.25) is 9.59 Å². The van der Waals surface area contributed by atoms with Crippen molar-refractivity contribution < 1.29 is 24.5 Å². The fourth-order valence-electron chi connectivity index (χ4n) is 13.3. The van der Waals surface area contributed by atoms with Crippen molar-refractivity contribution in [3.8, 4) is 0 Å². The maximum atomic E-state index is 12.5. The summed E-state index contributed by atoms with van der Waals surface area (Å²) < 4.78 is 5.51. The summed E-state index contributed by atoms with van der Waals surface area (Å²) in [5.74, 6) is -0.00749. The van der Waals surface area contributed by atoms with Crippen LogP contribution in [0.4, 0.5) is 0 Å². The molecule has 0 aliphatic heterocycles. The summed E-state index contributed by atoms with van der Waals surface area (Å²) in [6.45, 7) is 4.97. The van der Waals surface area contributed by atoms with Crippen LogP contribution >= 0.6 is 0 Å². The Balaban J connectivity index is 3.28. The zero-order valence-corrected chi connectivity index (χ0v) is 60.7. The Morgan fingerprint density at radius 1 is 0.315 bits per heavy atom. The lowest BCUT2D eigenvalue weighted by atomic mass is 10.0. The van der Waals surface area contributed by atoms with Crippen LogP contribution in [0.25, 0.3) is 0 Å². The SMILES string of the molecule is CCCCC/C=C\C/C=C\CCCCCCCCCC(=O)OCCCCCCCCCCCCCCCCCCCCCCCCCCCCCCCCCCCCCCCCCC(=O)NC(CO)C(O)CCCCCCCCCCCCCCCCCC. The molecule has 0 aromatic carbocycles. The molecule has 2 atom stereocenters. The van der Waals surface area contributed by atoms with Crippen molar-refractivity contribution in [2.24, 2.45) is 0 Å². The number of amides is 1. The van der Waals surface area contributed by atoms with E-state index in [0.29, 0.717) is 25.9 Å². The lowest BCUT2D eigenvalue weighted by Gasteiger charge is -2.22. The highest BCUT2D eigenvalue weighted by molar-refractivity contribution is 5.76. The quantitative estimate of drug-likeness (QED) is 0.0320. The molecule has 0 radical (unpaired) electrons. The van der Waals surface area contributed by atoms with E-state index < -0.39 is 12.1 Å². The Morgan fingerprint density at radius 3 is 0.876 bits per heavy atom. The number of carbonyl (C=O) groups is 2. The number of rotatable bonds is 78. The van der Waals surface area contributed by atoms with E-state index in [4.69, 9.17) is 4.74 Å². The maximum Gasteiger partial charge on any atom is 0.305 e. The van der Waals surface area contributed by atoms with Crippen LogP contribution in [-0.2, 0) is 14.3 Å². The van der Waals surface area contributed by atoms with E-state index in [1.807, 2.05) is 0 Å². The first-order valence-electron chi connectivity index (χ1n) is 41.1. The molecule has 0 aromatic rings. The fraction of sp³-hybridized carbons (Fsp3) is 0.928. The summed E-state index contributed by atoms with van der Waals surface area (Å²) in [5, 5.41) is 23.4. The van der Waals surface area contributed by atoms with E-state index >= 15 is 0 Å². The van der Waals surface area contributed by atoms with Gasteiger partial charge in [0.25, 0.3) is 0 Å². The Kier molecular flexibility index (Phi) is 77.3. The van der Waals surface area contributed by atoms with Gasteiger partial charge < -0.3 is 20.3 Å². The highest BCUT2D eigenvalue weighted by Gasteiger charge is 2.20. The first kappa shape index (κ1) is 87.3. The predicted octanol–water partition coefficient (Wildman–Crippen LogP) is 27.2. The summed E-state index contributed by atoms with van der Waals surface area (Å²) in [7, 11) is 0. The molecule has 0 heterocycles. The average molecular weight is 1250 g/mol. The molecule has 89 heavy (non-hydrogen) atoms. The smallest absolute Gasteiger partial charge is 0.305 e. The number of unbranched alkanes of at least 4 members (excludes halogenated alkanes) is 63. The van der Waals surface area contributed by atoms with E-state index in [2.05, 4.69) is 43.5 Å². The number of ether oxygens (including phenoxy) is 1. The van der Waals surface area contributed by atoms with Gasteiger partial charge in [-0.05, 0) is 57.8 Å². The Hall–Kier alpha value is -1.66. The van der Waals surface area contributed by atoms with Gasteiger partial charge in [0.15, 0.2) is 0 Å². The third-order valence-corrected chi connectivity index (χ3v) is 19.5. The number of aliphatic hydroxyl groups excluding tert-OH is 2. The van der Waals surface area contributed by atoms with Crippen LogP contribution in [0.5, 0.6) is 0 Å². The molecule has 0 aliphatic rings. The van der Waals surface area contributed by atoms with Gasteiger partial charge in [0.1, 0.15) is 0 Å². The van der Waals surface area contributed by atoms with Crippen molar-refractivity contribution in [1.82, 2.24) is 5.32 Å². The second-order valence-electron chi connectivity index (χ2n) is 28.5. The van der Waals surface area contributed by atoms with Crippen molar-refractivity contribution in [1.29, 1.82) is 0 Å². The van der Waals surface area contributed by atoms with E-state index in [1.54, 1.807) is 0 Å². The molecule has 3 N–H and O–H groups in total. The van der Waals surface area contributed by atoms with Gasteiger partial charge in [0.2, 0.25) is 5.91 Å². The molecule has 0 fully saturated rings. The van der Waals surface area contributed by atoms with Gasteiger partial charge in [0.05, 0.1) is 25.4 Å². The molecule has 0 spiro atoms. The highest BCUT2D eigenvalue weighted by Crippen LogP contribution is 2.21. The third-order valence-electron chi connectivity index (χ3n) is 19.5. The molecule has 2 unspecified atom stereocenters. The Bertz CT molecular complexity index is 1400. The van der Waals surface area contributed by atoms with Crippen LogP contribution < -0.4 is 5.32 Å². The molecule has 0 aromatic heterocycles. The predicted molar refractivity (Wildman–Crippen MR) is 393 cm³/mol. The van der Waals surface area contributed by atoms with E-state index in [1.165, 1.54) is 385 Å². The zero-order chi connectivity index (χ0) is 64.2. The van der Waals surface area contributed by atoms with Crippen LogP contribution in [-0.4, -0.2) is 47.4 Å². The van der Waals surface area contributed by atoms with Crippen molar-refractivity contribution in [3.63, 3.8) is 0 Å². The van der Waals surface area contributed by atoms with Gasteiger partial charge >= 0.3 is 5.97 Å². The van der Waals surface area contributed by atoms with Crippen LogP contribution in [0.1, 0.15) is 470 Å². The molecule has 0 saturated heterocycles. The number of hydrogen-bond acceptors (Lipinski definition) is 5. The standard InChI is InChI=1S/C83H161NO5/c1-3-5-7-9-11-13-15-17-19-44-49-53-57-61-65-69-73-77-83(88)89-78-74-70-66-62-58-54-50-46-43-41-39-37-35-33-31-29-27-25-23-21-22-24-26-28-30-32-34-36-38-40-42-45-48-52-56-60-64-68-72-76-82(87)84-80(79-85)81(86)75-71-67-63-59-55-51-47-20-18-16-14-12-10-8-6-4-2/h11,13,17,19,80-81,85-86H,3-10,12,14-16,18,20-79H2,1-2H3,(H,84,87)/b13-11-,19-17-. The van der Waals surface area contributed by atoms with Crippen molar-refractivity contribution in [2.75, 3.05) is 13.2 Å². The van der Waals surface area contributed by atoms with Crippen molar-refractivity contribution >= 4 is 11.9 Å². The highest BCUT2D eigenvalue weighted by atomic mass is 16.5. The summed E-state index contributed by atoms with van der Waals surface area (Å²) in [6.07, 6.45) is 102. The molecular formula is C83H161NO5. The summed E-state index contributed by atoms with van der Waals surface area (Å²) in [5.41, 5.74) is 0. The van der Waals surface area contributed by atoms with Crippen LogP contribution in [0, 0.1) is 0 Å². The molecule has 528 valence electrons. The van der Waals surface area contributed by atoms with Crippen molar-refractivity contribution in [3.05, 3.63) is 24.3 Å². The minimum atomic E-state index is -0.660. The maximum absolute atomic E-state index is 12.5. The molecule has 1 amide bonds. The third kappa shape index (κ3) is 75.3. The summed E-state index contributed by atoms with van der Waals surface area (Å²) >= 11 is 0. The lowest BCUT2D eigenvalue weighted by molar-refractivity contribution is -0.143. The normalized spacial score (nSPS) is 12.5. The largest absolute Gasteiger partial charge is 0.466 e. The van der Waals surface area contributed by atoms with E-state index in [-0.39, 0.29) is 18.5 Å². The van der Waals surface area contributed by atoms with Crippen molar-refractivity contribution in [2.45, 2.75) is 482 Å². The second kappa shape index (κ2) is 78.8. The number of nitrogens with one attached hydrogen (secondary N) is 1. The van der Waals surface area contributed by atoms with Gasteiger partial charge in [-0.1, -0.05) is 423 Å². The van der Waals surface area contributed by atoms with E-state index in [0.717, 1.165) is 51.4 Å². The fourth-order valence-corrected chi connectivity index (χ4v) is 13.3. The van der Waals surface area contributed by atoms with Gasteiger partial charge in [-0.15, -0.1) is 0 Å². The zero-order valence-electron chi connectivity index (χ0n) is 60.7. The molecule has 0 rings (SSSR count). The minimum Gasteiger partial charge on any atom is -0.466 e. The number of esters is 1. The van der Waals surface area contributed by atoms with Gasteiger partial charge in [-0.2, -0.15) is 0 Å². The number of allylic oxidation sites excluding steroid dienone is 4. The van der Waals surface area contributed by atoms with Crippen LogP contribution in [0.15, 0.2) is 24.3 Å². The molecule has 6 nitrogen and oxygen atoms in total.